The third-order valence-electron chi connectivity index (χ3n) is 6.02. The van der Waals surface area contributed by atoms with E-state index in [0.29, 0.717) is 18.9 Å². The first-order valence-electron chi connectivity index (χ1n) is 10.9. The molecule has 1 aliphatic rings. The van der Waals surface area contributed by atoms with Crippen molar-refractivity contribution in [3.05, 3.63) is 87.9 Å². The Morgan fingerprint density at radius 3 is 2.34 bits per heavy atom. The molecule has 1 aliphatic heterocycles. The third-order valence-corrected chi connectivity index (χ3v) is 8.40. The normalized spacial score (nSPS) is 14.8. The van der Waals surface area contributed by atoms with Gasteiger partial charge in [0.2, 0.25) is 10.0 Å². The standard InChI is InChI=1S/C24H20ClN5O4S/c25-21-9-8-18(30(31)32)16-23(21)35(33,34)29-14-12-28(13-15-29)24-11-10-22(26-27-24)20-7-3-5-17-4-1-2-6-19(17)20/h1-11,16H,12-15H2. The number of halogens is 1. The molecule has 1 saturated heterocycles. The molecule has 0 spiro atoms. The molecule has 2 heterocycles. The molecule has 0 saturated carbocycles. The lowest BCUT2D eigenvalue weighted by Gasteiger charge is -2.34. The first-order chi connectivity index (χ1) is 16.8. The van der Waals surface area contributed by atoms with Gasteiger partial charge in [-0.1, -0.05) is 54.1 Å². The number of piperazine rings is 1. The summed E-state index contributed by atoms with van der Waals surface area (Å²) in [6, 6.07) is 21.3. The molecule has 9 nitrogen and oxygen atoms in total. The van der Waals surface area contributed by atoms with Crippen molar-refractivity contribution in [1.82, 2.24) is 14.5 Å². The van der Waals surface area contributed by atoms with E-state index in [4.69, 9.17) is 11.6 Å². The van der Waals surface area contributed by atoms with E-state index in [9.17, 15) is 18.5 Å². The number of anilines is 1. The molecule has 1 aromatic heterocycles. The number of fused-ring (bicyclic) bond motifs is 1. The van der Waals surface area contributed by atoms with Crippen molar-refractivity contribution < 1.29 is 13.3 Å². The van der Waals surface area contributed by atoms with Gasteiger partial charge in [0, 0.05) is 43.9 Å². The number of nitro groups is 1. The SMILES string of the molecule is O=[N+]([O-])c1ccc(Cl)c(S(=O)(=O)N2CCN(c3ccc(-c4cccc5ccccc45)nn3)CC2)c1. The first-order valence-corrected chi connectivity index (χ1v) is 12.7. The summed E-state index contributed by atoms with van der Waals surface area (Å²) in [6.07, 6.45) is 0. The monoisotopic (exact) mass is 509 g/mol. The lowest BCUT2D eigenvalue weighted by Crippen LogP contribution is -2.49. The molecule has 3 aromatic carbocycles. The number of aromatic nitrogens is 2. The molecule has 0 radical (unpaired) electrons. The predicted molar refractivity (Wildman–Crippen MR) is 134 cm³/mol. The molecular formula is C24H20ClN5O4S. The van der Waals surface area contributed by atoms with Crippen LogP contribution in [0.5, 0.6) is 0 Å². The minimum Gasteiger partial charge on any atom is -0.352 e. The van der Waals surface area contributed by atoms with Crippen molar-refractivity contribution in [3.63, 3.8) is 0 Å². The van der Waals surface area contributed by atoms with Gasteiger partial charge in [0.05, 0.1) is 15.6 Å². The highest BCUT2D eigenvalue weighted by Gasteiger charge is 2.32. The maximum Gasteiger partial charge on any atom is 0.270 e. The Balaban J connectivity index is 1.32. The van der Waals surface area contributed by atoms with Crippen LogP contribution < -0.4 is 4.90 Å². The summed E-state index contributed by atoms with van der Waals surface area (Å²) in [4.78, 5) is 12.1. The fourth-order valence-corrected chi connectivity index (χ4v) is 6.10. The van der Waals surface area contributed by atoms with Gasteiger partial charge in [0.15, 0.2) is 5.82 Å². The van der Waals surface area contributed by atoms with E-state index in [2.05, 4.69) is 22.3 Å². The van der Waals surface area contributed by atoms with Crippen molar-refractivity contribution in [2.45, 2.75) is 4.90 Å². The Hall–Kier alpha value is -3.60. The lowest BCUT2D eigenvalue weighted by atomic mass is 10.0. The predicted octanol–water partition coefficient (Wildman–Crippen LogP) is 4.37. The second-order valence-corrected chi connectivity index (χ2v) is 10.4. The van der Waals surface area contributed by atoms with Crippen LogP contribution >= 0.6 is 11.6 Å². The van der Waals surface area contributed by atoms with Crippen molar-refractivity contribution >= 4 is 43.9 Å². The van der Waals surface area contributed by atoms with Gasteiger partial charge < -0.3 is 4.90 Å². The van der Waals surface area contributed by atoms with Gasteiger partial charge in [-0.25, -0.2) is 8.42 Å². The second-order valence-electron chi connectivity index (χ2n) is 8.07. The highest BCUT2D eigenvalue weighted by atomic mass is 35.5. The molecule has 178 valence electrons. The summed E-state index contributed by atoms with van der Waals surface area (Å²) in [5.41, 5.74) is 1.42. The number of hydrogen-bond acceptors (Lipinski definition) is 7. The Kier molecular flexibility index (Phi) is 6.10. The summed E-state index contributed by atoms with van der Waals surface area (Å²) in [7, 11) is -3.98. The third kappa shape index (κ3) is 4.43. The number of rotatable bonds is 5. The van der Waals surface area contributed by atoms with Crippen molar-refractivity contribution in [1.29, 1.82) is 0 Å². The Labute approximate surface area is 206 Å². The Morgan fingerprint density at radius 1 is 0.886 bits per heavy atom. The van der Waals surface area contributed by atoms with Crippen LogP contribution in [0, 0.1) is 10.1 Å². The van der Waals surface area contributed by atoms with Gasteiger partial charge >= 0.3 is 0 Å². The van der Waals surface area contributed by atoms with E-state index in [-0.39, 0.29) is 28.7 Å². The van der Waals surface area contributed by atoms with E-state index >= 15 is 0 Å². The number of sulfonamides is 1. The highest BCUT2D eigenvalue weighted by Crippen LogP contribution is 2.30. The minimum atomic E-state index is -3.98. The maximum atomic E-state index is 13.1. The molecule has 0 N–H and O–H groups in total. The molecule has 5 rings (SSSR count). The average molecular weight is 510 g/mol. The van der Waals surface area contributed by atoms with Gasteiger partial charge in [-0.05, 0) is 29.0 Å². The van der Waals surface area contributed by atoms with Crippen LogP contribution in [-0.4, -0.2) is 54.0 Å². The summed E-state index contributed by atoms with van der Waals surface area (Å²) in [6.45, 7) is 1.17. The number of nitro benzene ring substituents is 1. The fourth-order valence-electron chi connectivity index (χ4n) is 4.19. The number of hydrogen-bond donors (Lipinski definition) is 0. The first kappa shape index (κ1) is 23.2. The van der Waals surface area contributed by atoms with Crippen LogP contribution in [0.2, 0.25) is 5.02 Å². The molecular weight excluding hydrogens is 490 g/mol. The van der Waals surface area contributed by atoms with Gasteiger partial charge in [-0.2, -0.15) is 4.31 Å². The van der Waals surface area contributed by atoms with Gasteiger partial charge in [-0.15, -0.1) is 10.2 Å². The van der Waals surface area contributed by atoms with E-state index < -0.39 is 14.9 Å². The van der Waals surface area contributed by atoms with Crippen LogP contribution in [-0.2, 0) is 10.0 Å². The van der Waals surface area contributed by atoms with Crippen LogP contribution in [0.4, 0.5) is 11.5 Å². The molecule has 4 aromatic rings. The molecule has 11 heteroatoms. The van der Waals surface area contributed by atoms with E-state index in [1.54, 1.807) is 0 Å². The smallest absolute Gasteiger partial charge is 0.270 e. The van der Waals surface area contributed by atoms with Gasteiger partial charge in [-0.3, -0.25) is 10.1 Å². The zero-order valence-corrected chi connectivity index (χ0v) is 20.0. The number of nitrogens with zero attached hydrogens (tertiary/aromatic N) is 5. The van der Waals surface area contributed by atoms with E-state index in [0.717, 1.165) is 28.1 Å². The molecule has 1 fully saturated rings. The summed E-state index contributed by atoms with van der Waals surface area (Å²) in [5, 5.41) is 22.1. The van der Waals surface area contributed by atoms with E-state index in [1.165, 1.54) is 16.4 Å². The average Bonchev–Trinajstić information content (AvgIpc) is 2.88. The molecule has 0 bridgehead atoms. The lowest BCUT2D eigenvalue weighted by molar-refractivity contribution is -0.385. The maximum absolute atomic E-state index is 13.1. The van der Waals surface area contributed by atoms with Crippen molar-refractivity contribution in [3.8, 4) is 11.3 Å². The zero-order valence-electron chi connectivity index (χ0n) is 18.4. The van der Waals surface area contributed by atoms with Crippen molar-refractivity contribution in [2.24, 2.45) is 0 Å². The van der Waals surface area contributed by atoms with E-state index in [1.807, 2.05) is 47.4 Å². The van der Waals surface area contributed by atoms with Gasteiger partial charge in [0.1, 0.15) is 4.90 Å². The van der Waals surface area contributed by atoms with Gasteiger partial charge in [0.25, 0.3) is 5.69 Å². The Bertz CT molecular complexity index is 1520. The quantitative estimate of drug-likeness (QED) is 0.290. The zero-order chi connectivity index (χ0) is 24.6. The molecule has 0 atom stereocenters. The molecule has 0 unspecified atom stereocenters. The number of benzene rings is 3. The number of non-ortho nitro benzene ring substituents is 1. The largest absolute Gasteiger partial charge is 0.352 e. The molecule has 0 amide bonds. The summed E-state index contributed by atoms with van der Waals surface area (Å²) in [5.74, 6) is 0.652. The summed E-state index contributed by atoms with van der Waals surface area (Å²) < 4.78 is 27.5. The van der Waals surface area contributed by atoms with Crippen LogP contribution in [0.1, 0.15) is 0 Å². The van der Waals surface area contributed by atoms with Crippen LogP contribution in [0.3, 0.4) is 0 Å². The second kappa shape index (κ2) is 9.21. The minimum absolute atomic E-state index is 0.0482. The molecule has 35 heavy (non-hydrogen) atoms. The summed E-state index contributed by atoms with van der Waals surface area (Å²) >= 11 is 6.07. The van der Waals surface area contributed by atoms with Crippen LogP contribution in [0.25, 0.3) is 22.0 Å². The van der Waals surface area contributed by atoms with Crippen LogP contribution in [0.15, 0.2) is 77.7 Å². The Morgan fingerprint density at radius 2 is 1.63 bits per heavy atom. The fraction of sp³-hybridized carbons (Fsp3) is 0.167. The highest BCUT2D eigenvalue weighted by molar-refractivity contribution is 7.89. The van der Waals surface area contributed by atoms with Crippen molar-refractivity contribution in [2.75, 3.05) is 31.1 Å². The molecule has 0 aliphatic carbocycles. The topological polar surface area (TPSA) is 110 Å².